The molecule has 1 nitrogen and oxygen atoms in total. The van der Waals surface area contributed by atoms with E-state index in [4.69, 9.17) is 0 Å². The number of fused-ring (bicyclic) bond motifs is 1. The summed E-state index contributed by atoms with van der Waals surface area (Å²) < 4.78 is 16.5. The minimum atomic E-state index is -0.281. The quantitative estimate of drug-likeness (QED) is 0.224. The second-order valence-electron chi connectivity index (χ2n) is 9.25. The van der Waals surface area contributed by atoms with Crippen LogP contribution in [0.2, 0.25) is 0 Å². The summed E-state index contributed by atoms with van der Waals surface area (Å²) in [7, 11) is 0. The molecule has 0 aliphatic rings. The molecular formula is C36H26FN. The van der Waals surface area contributed by atoms with Crippen molar-refractivity contribution in [1.82, 2.24) is 0 Å². The SMILES string of the molecule is C=Cc1ccc2cc(N(c3ccccc3)c3c(F)cc(-c4ccccc4)cc3-c3ccccc3)ccc2c1. The molecule has 0 atom stereocenters. The molecule has 6 aromatic carbocycles. The van der Waals surface area contributed by atoms with Crippen LogP contribution in [0.5, 0.6) is 0 Å². The third kappa shape index (κ3) is 4.49. The number of hydrogen-bond donors (Lipinski definition) is 0. The standard InChI is InChI=1S/C36H26FN/c1-2-26-18-19-30-23-33(21-20-29(30)22-26)38(32-16-10-5-11-17-32)36-34(28-14-8-4-9-15-28)24-31(25-35(36)37)27-12-6-3-7-13-27/h2-25H,1H2. The predicted molar refractivity (Wildman–Crippen MR) is 160 cm³/mol. The van der Waals surface area contributed by atoms with Gasteiger partial charge in [-0.25, -0.2) is 4.39 Å². The van der Waals surface area contributed by atoms with Gasteiger partial charge in [-0.2, -0.15) is 0 Å². The lowest BCUT2D eigenvalue weighted by Crippen LogP contribution is -2.13. The van der Waals surface area contributed by atoms with Crippen molar-refractivity contribution in [3.05, 3.63) is 157 Å². The Balaban J connectivity index is 1.62. The first kappa shape index (κ1) is 23.4. The van der Waals surface area contributed by atoms with E-state index in [0.29, 0.717) is 5.69 Å². The number of benzene rings is 6. The van der Waals surface area contributed by atoms with Gasteiger partial charge in [-0.15, -0.1) is 0 Å². The zero-order valence-corrected chi connectivity index (χ0v) is 20.9. The van der Waals surface area contributed by atoms with Gasteiger partial charge < -0.3 is 4.90 Å². The van der Waals surface area contributed by atoms with E-state index in [1.54, 1.807) is 6.07 Å². The lowest BCUT2D eigenvalue weighted by atomic mass is 9.95. The summed E-state index contributed by atoms with van der Waals surface area (Å²) in [5.41, 5.74) is 6.96. The van der Waals surface area contributed by atoms with E-state index in [1.165, 1.54) is 0 Å². The number of nitrogens with zero attached hydrogens (tertiary/aromatic N) is 1. The van der Waals surface area contributed by atoms with Crippen LogP contribution in [0.3, 0.4) is 0 Å². The number of para-hydroxylation sites is 1. The van der Waals surface area contributed by atoms with Crippen LogP contribution >= 0.6 is 0 Å². The molecule has 0 aliphatic carbocycles. The van der Waals surface area contributed by atoms with Gasteiger partial charge in [0, 0.05) is 16.9 Å². The fraction of sp³-hybridized carbons (Fsp3) is 0. The molecule has 6 rings (SSSR count). The molecular weight excluding hydrogens is 465 g/mol. The maximum atomic E-state index is 16.5. The van der Waals surface area contributed by atoms with Crippen LogP contribution in [0.4, 0.5) is 21.5 Å². The van der Waals surface area contributed by atoms with Crippen LogP contribution in [0.25, 0.3) is 39.1 Å². The summed E-state index contributed by atoms with van der Waals surface area (Å²) in [5.74, 6) is -0.281. The maximum absolute atomic E-state index is 16.5. The van der Waals surface area contributed by atoms with Gasteiger partial charge in [0.15, 0.2) is 0 Å². The van der Waals surface area contributed by atoms with E-state index in [9.17, 15) is 0 Å². The number of hydrogen-bond acceptors (Lipinski definition) is 1. The summed E-state index contributed by atoms with van der Waals surface area (Å²) in [6, 6.07) is 46.2. The molecule has 0 aromatic heterocycles. The van der Waals surface area contributed by atoms with Gasteiger partial charge in [0.25, 0.3) is 0 Å². The van der Waals surface area contributed by atoms with Gasteiger partial charge in [-0.3, -0.25) is 0 Å². The van der Waals surface area contributed by atoms with Crippen molar-refractivity contribution in [3.63, 3.8) is 0 Å². The van der Waals surface area contributed by atoms with Gasteiger partial charge >= 0.3 is 0 Å². The average Bonchev–Trinajstić information content (AvgIpc) is 2.99. The summed E-state index contributed by atoms with van der Waals surface area (Å²) in [6.45, 7) is 3.89. The summed E-state index contributed by atoms with van der Waals surface area (Å²) in [4.78, 5) is 2.02. The molecule has 0 aliphatic heterocycles. The van der Waals surface area contributed by atoms with E-state index < -0.39 is 0 Å². The zero-order valence-electron chi connectivity index (χ0n) is 20.9. The second-order valence-corrected chi connectivity index (χ2v) is 9.25. The van der Waals surface area contributed by atoms with Crippen molar-refractivity contribution < 1.29 is 4.39 Å². The molecule has 0 fully saturated rings. The monoisotopic (exact) mass is 491 g/mol. The van der Waals surface area contributed by atoms with Crippen molar-refractivity contribution in [2.75, 3.05) is 4.90 Å². The Morgan fingerprint density at radius 2 is 1.13 bits per heavy atom. The Kier molecular flexibility index (Phi) is 6.29. The van der Waals surface area contributed by atoms with E-state index >= 15 is 4.39 Å². The molecule has 2 heteroatoms. The highest BCUT2D eigenvalue weighted by atomic mass is 19.1. The molecule has 0 heterocycles. The smallest absolute Gasteiger partial charge is 0.148 e. The maximum Gasteiger partial charge on any atom is 0.148 e. The fourth-order valence-corrected chi connectivity index (χ4v) is 4.96. The molecule has 0 spiro atoms. The number of halogens is 1. The van der Waals surface area contributed by atoms with Crippen molar-refractivity contribution in [2.24, 2.45) is 0 Å². The van der Waals surface area contributed by atoms with Gasteiger partial charge in [0.05, 0.1) is 5.69 Å². The van der Waals surface area contributed by atoms with E-state index in [-0.39, 0.29) is 5.82 Å². The Hall–Kier alpha value is -4.95. The summed E-state index contributed by atoms with van der Waals surface area (Å²) in [6.07, 6.45) is 1.85. The highest BCUT2D eigenvalue weighted by molar-refractivity contribution is 5.94. The Morgan fingerprint density at radius 3 is 1.82 bits per heavy atom. The summed E-state index contributed by atoms with van der Waals surface area (Å²) >= 11 is 0. The molecule has 182 valence electrons. The normalized spacial score (nSPS) is 10.9. The third-order valence-electron chi connectivity index (χ3n) is 6.84. The Labute approximate surface area is 222 Å². The lowest BCUT2D eigenvalue weighted by molar-refractivity contribution is 0.630. The largest absolute Gasteiger partial charge is 0.307 e. The van der Waals surface area contributed by atoms with Crippen LogP contribution in [0.15, 0.2) is 146 Å². The van der Waals surface area contributed by atoms with Crippen LogP contribution in [-0.2, 0) is 0 Å². The molecule has 0 unspecified atom stereocenters. The van der Waals surface area contributed by atoms with Crippen molar-refractivity contribution in [1.29, 1.82) is 0 Å². The highest BCUT2D eigenvalue weighted by Crippen LogP contribution is 2.44. The highest BCUT2D eigenvalue weighted by Gasteiger charge is 2.23. The Morgan fingerprint density at radius 1 is 0.526 bits per heavy atom. The summed E-state index contributed by atoms with van der Waals surface area (Å²) in [5, 5.41) is 2.19. The van der Waals surface area contributed by atoms with Crippen molar-refractivity contribution >= 4 is 33.9 Å². The molecule has 6 aromatic rings. The fourth-order valence-electron chi connectivity index (χ4n) is 4.96. The third-order valence-corrected chi connectivity index (χ3v) is 6.84. The first-order valence-electron chi connectivity index (χ1n) is 12.7. The van der Waals surface area contributed by atoms with Crippen LogP contribution in [-0.4, -0.2) is 0 Å². The molecule has 38 heavy (non-hydrogen) atoms. The van der Waals surface area contributed by atoms with Crippen LogP contribution in [0, 0.1) is 5.82 Å². The first-order chi connectivity index (χ1) is 18.7. The number of rotatable bonds is 6. The van der Waals surface area contributed by atoms with Crippen molar-refractivity contribution in [2.45, 2.75) is 0 Å². The molecule has 0 N–H and O–H groups in total. The minimum absolute atomic E-state index is 0.281. The van der Waals surface area contributed by atoms with E-state index in [2.05, 4.69) is 49.0 Å². The van der Waals surface area contributed by atoms with Gasteiger partial charge in [0.2, 0.25) is 0 Å². The van der Waals surface area contributed by atoms with E-state index in [0.717, 1.165) is 50.0 Å². The Bertz CT molecular complexity index is 1720. The molecule has 0 amide bonds. The molecule has 0 radical (unpaired) electrons. The number of anilines is 3. The van der Waals surface area contributed by atoms with E-state index in [1.807, 2.05) is 102 Å². The van der Waals surface area contributed by atoms with Crippen molar-refractivity contribution in [3.8, 4) is 22.3 Å². The zero-order chi connectivity index (χ0) is 25.9. The van der Waals surface area contributed by atoms with Gasteiger partial charge in [-0.05, 0) is 75.5 Å². The second kappa shape index (κ2) is 10.2. The lowest BCUT2D eigenvalue weighted by Gasteiger charge is -2.29. The molecule has 0 bridgehead atoms. The molecule has 0 saturated heterocycles. The molecule has 0 saturated carbocycles. The predicted octanol–water partition coefficient (Wildman–Crippen LogP) is 10.4. The minimum Gasteiger partial charge on any atom is -0.307 e. The van der Waals surface area contributed by atoms with Crippen LogP contribution in [0.1, 0.15) is 5.56 Å². The topological polar surface area (TPSA) is 3.24 Å². The van der Waals surface area contributed by atoms with Gasteiger partial charge in [-0.1, -0.05) is 110 Å². The van der Waals surface area contributed by atoms with Crippen LogP contribution < -0.4 is 4.90 Å². The van der Waals surface area contributed by atoms with Gasteiger partial charge in [0.1, 0.15) is 5.82 Å². The average molecular weight is 492 g/mol. The first-order valence-corrected chi connectivity index (χ1v) is 12.7.